The maximum Gasteiger partial charge on any atom is 0.318 e. The zero-order valence-corrected chi connectivity index (χ0v) is 9.37. The molecule has 0 radical (unpaired) electrons. The summed E-state index contributed by atoms with van der Waals surface area (Å²) in [7, 11) is 1.60. The molecule has 0 saturated heterocycles. The SMILES string of the molecule is COCC(NCC(=O)NC(N)=O)C(C)C. The van der Waals surface area contributed by atoms with Gasteiger partial charge in [0.15, 0.2) is 0 Å². The van der Waals surface area contributed by atoms with E-state index in [1.165, 1.54) is 0 Å². The molecule has 0 rings (SSSR count). The average molecular weight is 217 g/mol. The number of ether oxygens (including phenoxy) is 1. The Morgan fingerprint density at radius 1 is 1.40 bits per heavy atom. The molecule has 1 unspecified atom stereocenters. The third-order valence-corrected chi connectivity index (χ3v) is 1.94. The molecule has 3 amide bonds. The van der Waals surface area contributed by atoms with E-state index in [4.69, 9.17) is 10.5 Å². The van der Waals surface area contributed by atoms with Gasteiger partial charge in [-0.25, -0.2) is 4.79 Å². The van der Waals surface area contributed by atoms with Crippen molar-refractivity contribution in [3.63, 3.8) is 0 Å². The number of primary amides is 1. The highest BCUT2D eigenvalue weighted by molar-refractivity contribution is 5.94. The first kappa shape index (κ1) is 13.9. The summed E-state index contributed by atoms with van der Waals surface area (Å²) in [5, 5.41) is 4.96. The van der Waals surface area contributed by atoms with Crippen LogP contribution in [0.25, 0.3) is 0 Å². The van der Waals surface area contributed by atoms with Crippen molar-refractivity contribution in [3.05, 3.63) is 0 Å². The van der Waals surface area contributed by atoms with Crippen LogP contribution in [-0.4, -0.2) is 38.2 Å². The number of imide groups is 1. The first-order chi connectivity index (χ1) is 6.97. The molecule has 0 saturated carbocycles. The highest BCUT2D eigenvalue weighted by Gasteiger charge is 2.14. The molecule has 0 aromatic carbocycles. The molecule has 6 nitrogen and oxygen atoms in total. The Kier molecular flexibility index (Phi) is 6.64. The average Bonchev–Trinajstić information content (AvgIpc) is 2.10. The number of urea groups is 1. The summed E-state index contributed by atoms with van der Waals surface area (Å²) in [6.07, 6.45) is 0. The first-order valence-electron chi connectivity index (χ1n) is 4.79. The number of nitrogens with one attached hydrogen (secondary N) is 2. The fourth-order valence-electron chi connectivity index (χ4n) is 1.07. The molecule has 6 heteroatoms. The van der Waals surface area contributed by atoms with Gasteiger partial charge in [-0.05, 0) is 5.92 Å². The van der Waals surface area contributed by atoms with Crippen molar-refractivity contribution in [1.29, 1.82) is 0 Å². The molecular formula is C9H19N3O3. The number of carbonyl (C=O) groups is 2. The summed E-state index contributed by atoms with van der Waals surface area (Å²) in [5.74, 6) is -0.101. The Bertz CT molecular complexity index is 219. The van der Waals surface area contributed by atoms with Crippen LogP contribution in [-0.2, 0) is 9.53 Å². The molecule has 88 valence electrons. The van der Waals surface area contributed by atoms with Crippen LogP contribution in [0, 0.1) is 5.92 Å². The Morgan fingerprint density at radius 2 is 2.00 bits per heavy atom. The Balaban J connectivity index is 3.88. The molecule has 15 heavy (non-hydrogen) atoms. The molecular weight excluding hydrogens is 198 g/mol. The summed E-state index contributed by atoms with van der Waals surface area (Å²) >= 11 is 0. The molecule has 0 aliphatic carbocycles. The molecule has 0 aliphatic rings. The fraction of sp³-hybridized carbons (Fsp3) is 0.778. The quantitative estimate of drug-likeness (QED) is 0.556. The van der Waals surface area contributed by atoms with Crippen molar-refractivity contribution in [1.82, 2.24) is 10.6 Å². The van der Waals surface area contributed by atoms with E-state index in [0.29, 0.717) is 12.5 Å². The molecule has 0 spiro atoms. The maximum atomic E-state index is 11.1. The van der Waals surface area contributed by atoms with Crippen molar-refractivity contribution >= 4 is 11.9 Å². The van der Waals surface area contributed by atoms with Gasteiger partial charge in [0.2, 0.25) is 5.91 Å². The topological polar surface area (TPSA) is 93.4 Å². The monoisotopic (exact) mass is 217 g/mol. The van der Waals surface area contributed by atoms with Gasteiger partial charge in [-0.15, -0.1) is 0 Å². The number of amides is 3. The Hall–Kier alpha value is -1.14. The zero-order valence-electron chi connectivity index (χ0n) is 9.37. The van der Waals surface area contributed by atoms with Crippen molar-refractivity contribution in [2.24, 2.45) is 11.7 Å². The molecule has 0 bridgehead atoms. The van der Waals surface area contributed by atoms with Gasteiger partial charge >= 0.3 is 6.03 Å². The van der Waals surface area contributed by atoms with Crippen LogP contribution < -0.4 is 16.4 Å². The summed E-state index contributed by atoms with van der Waals surface area (Å²) in [4.78, 5) is 21.4. The van der Waals surface area contributed by atoms with Crippen LogP contribution in [0.5, 0.6) is 0 Å². The van der Waals surface area contributed by atoms with Crippen LogP contribution in [0.15, 0.2) is 0 Å². The van der Waals surface area contributed by atoms with Crippen molar-refractivity contribution in [3.8, 4) is 0 Å². The smallest absolute Gasteiger partial charge is 0.318 e. The normalized spacial score (nSPS) is 12.5. The van der Waals surface area contributed by atoms with Crippen molar-refractivity contribution in [2.75, 3.05) is 20.3 Å². The van der Waals surface area contributed by atoms with Crippen LogP contribution >= 0.6 is 0 Å². The standard InChI is InChI=1S/C9H19N3O3/c1-6(2)7(5-15-3)11-4-8(13)12-9(10)14/h6-7,11H,4-5H2,1-3H3,(H3,10,12,13,14). The second kappa shape index (κ2) is 7.19. The van der Waals surface area contributed by atoms with Crippen molar-refractivity contribution in [2.45, 2.75) is 19.9 Å². The minimum atomic E-state index is -0.838. The summed E-state index contributed by atoms with van der Waals surface area (Å²) < 4.78 is 4.99. The number of methoxy groups -OCH3 is 1. The second-order valence-electron chi connectivity index (χ2n) is 3.60. The van der Waals surface area contributed by atoms with Gasteiger partial charge in [0.25, 0.3) is 0 Å². The number of carbonyl (C=O) groups excluding carboxylic acids is 2. The lowest BCUT2D eigenvalue weighted by molar-refractivity contribution is -0.119. The van der Waals surface area contributed by atoms with Crippen molar-refractivity contribution < 1.29 is 14.3 Å². The summed E-state index contributed by atoms with van der Waals surface area (Å²) in [6.45, 7) is 4.60. The molecule has 4 N–H and O–H groups in total. The van der Waals surface area contributed by atoms with Crippen LogP contribution in [0.4, 0.5) is 4.79 Å². The van der Waals surface area contributed by atoms with Gasteiger partial charge in [0, 0.05) is 13.2 Å². The largest absolute Gasteiger partial charge is 0.383 e. The number of hydrogen-bond acceptors (Lipinski definition) is 4. The van der Waals surface area contributed by atoms with Crippen LogP contribution in [0.1, 0.15) is 13.8 Å². The minimum absolute atomic E-state index is 0.0507. The van der Waals surface area contributed by atoms with E-state index >= 15 is 0 Å². The summed E-state index contributed by atoms with van der Waals surface area (Å²) in [6, 6.07) is -0.761. The van der Waals surface area contributed by atoms with E-state index < -0.39 is 11.9 Å². The molecule has 0 heterocycles. The highest BCUT2D eigenvalue weighted by atomic mass is 16.5. The lowest BCUT2D eigenvalue weighted by atomic mass is 10.1. The van der Waals surface area contributed by atoms with E-state index in [9.17, 15) is 9.59 Å². The summed E-state index contributed by atoms with van der Waals surface area (Å²) in [5.41, 5.74) is 4.79. The first-order valence-corrected chi connectivity index (χ1v) is 4.79. The van der Waals surface area contributed by atoms with Gasteiger partial charge in [0.1, 0.15) is 0 Å². The minimum Gasteiger partial charge on any atom is -0.383 e. The number of nitrogens with two attached hydrogens (primary N) is 1. The second-order valence-corrected chi connectivity index (χ2v) is 3.60. The number of hydrogen-bond donors (Lipinski definition) is 3. The third-order valence-electron chi connectivity index (χ3n) is 1.94. The van der Waals surface area contributed by atoms with Gasteiger partial charge in [0.05, 0.1) is 13.2 Å². The van der Waals surface area contributed by atoms with E-state index in [1.807, 2.05) is 19.2 Å². The van der Waals surface area contributed by atoms with Gasteiger partial charge in [-0.2, -0.15) is 0 Å². The zero-order chi connectivity index (χ0) is 11.8. The van der Waals surface area contributed by atoms with E-state index in [0.717, 1.165) is 0 Å². The maximum absolute atomic E-state index is 11.1. The molecule has 0 aromatic heterocycles. The Morgan fingerprint density at radius 3 is 2.40 bits per heavy atom. The van der Waals surface area contributed by atoms with Gasteiger partial charge in [-0.1, -0.05) is 13.8 Å². The Labute approximate surface area is 89.5 Å². The third kappa shape index (κ3) is 6.87. The van der Waals surface area contributed by atoms with Gasteiger partial charge in [-0.3, -0.25) is 10.1 Å². The number of rotatable bonds is 6. The molecule has 0 aliphatic heterocycles. The van der Waals surface area contributed by atoms with Gasteiger partial charge < -0.3 is 15.8 Å². The van der Waals surface area contributed by atoms with E-state index in [2.05, 4.69) is 5.32 Å². The predicted octanol–water partition coefficient (Wildman–Crippen LogP) is -0.558. The fourth-order valence-corrected chi connectivity index (χ4v) is 1.07. The lowest BCUT2D eigenvalue weighted by Gasteiger charge is -2.20. The molecule has 0 aromatic rings. The van der Waals surface area contributed by atoms with Crippen LogP contribution in [0.2, 0.25) is 0 Å². The van der Waals surface area contributed by atoms with Crippen LogP contribution in [0.3, 0.4) is 0 Å². The predicted molar refractivity (Wildman–Crippen MR) is 56.2 cm³/mol. The molecule has 1 atom stereocenters. The van der Waals surface area contributed by atoms with E-state index in [-0.39, 0.29) is 12.6 Å². The lowest BCUT2D eigenvalue weighted by Crippen LogP contribution is -2.46. The highest BCUT2D eigenvalue weighted by Crippen LogP contribution is 2.00. The molecule has 0 fully saturated rings. The van der Waals surface area contributed by atoms with E-state index in [1.54, 1.807) is 7.11 Å².